The number of carboxylic acids is 2. The van der Waals surface area contributed by atoms with E-state index in [1.807, 2.05) is 31.2 Å². The lowest BCUT2D eigenvalue weighted by Gasteiger charge is -2.34. The maximum Gasteiger partial charge on any atom is 0.414 e. The van der Waals surface area contributed by atoms with Crippen LogP contribution in [0.1, 0.15) is 18.9 Å². The van der Waals surface area contributed by atoms with Crippen LogP contribution >= 0.6 is 11.6 Å². The van der Waals surface area contributed by atoms with Crippen LogP contribution in [-0.4, -0.2) is 71.7 Å². The zero-order valence-corrected chi connectivity index (χ0v) is 16.0. The Bertz CT molecular complexity index is 705. The van der Waals surface area contributed by atoms with Crippen LogP contribution in [0.15, 0.2) is 24.3 Å². The van der Waals surface area contributed by atoms with E-state index < -0.39 is 22.0 Å². The second-order valence-corrected chi connectivity index (χ2v) is 8.19. The molecule has 0 unspecified atom stereocenters. The average molecular weight is 407 g/mol. The van der Waals surface area contributed by atoms with E-state index in [0.29, 0.717) is 19.5 Å². The minimum Gasteiger partial charge on any atom is -0.473 e. The summed E-state index contributed by atoms with van der Waals surface area (Å²) in [5, 5.41) is 15.6. The van der Waals surface area contributed by atoms with Crippen LogP contribution in [0.2, 0.25) is 5.02 Å². The van der Waals surface area contributed by atoms with E-state index in [1.54, 1.807) is 4.31 Å². The second kappa shape index (κ2) is 10.5. The number of nitrogens with zero attached hydrogens (tertiary/aromatic N) is 2. The Labute approximate surface area is 158 Å². The summed E-state index contributed by atoms with van der Waals surface area (Å²) in [6.45, 7) is 5.34. The minimum atomic E-state index is -3.06. The fourth-order valence-electron chi connectivity index (χ4n) is 2.42. The van der Waals surface area contributed by atoms with Crippen molar-refractivity contribution in [3.8, 4) is 0 Å². The minimum absolute atomic E-state index is 0.248. The van der Waals surface area contributed by atoms with Gasteiger partial charge in [-0.1, -0.05) is 36.7 Å². The Morgan fingerprint density at radius 2 is 1.62 bits per heavy atom. The van der Waals surface area contributed by atoms with Gasteiger partial charge in [0.15, 0.2) is 0 Å². The molecule has 1 saturated heterocycles. The molecular weight excluding hydrogens is 384 g/mol. The molecule has 0 aliphatic carbocycles. The van der Waals surface area contributed by atoms with Crippen molar-refractivity contribution in [2.45, 2.75) is 19.9 Å². The van der Waals surface area contributed by atoms with E-state index in [0.717, 1.165) is 30.2 Å². The smallest absolute Gasteiger partial charge is 0.414 e. The largest absolute Gasteiger partial charge is 0.473 e. The maximum absolute atomic E-state index is 12.0. The molecule has 2 rings (SSSR count). The predicted molar refractivity (Wildman–Crippen MR) is 97.7 cm³/mol. The quantitative estimate of drug-likeness (QED) is 0.709. The highest BCUT2D eigenvalue weighted by molar-refractivity contribution is 7.89. The lowest BCUT2D eigenvalue weighted by atomic mass is 10.2. The van der Waals surface area contributed by atoms with Gasteiger partial charge in [0.25, 0.3) is 0 Å². The van der Waals surface area contributed by atoms with Crippen molar-refractivity contribution in [2.24, 2.45) is 0 Å². The first kappa shape index (κ1) is 22.4. The number of sulfonamides is 1. The highest BCUT2D eigenvalue weighted by atomic mass is 35.5. The molecule has 1 aromatic carbocycles. The maximum atomic E-state index is 12.0. The van der Waals surface area contributed by atoms with Gasteiger partial charge in [0, 0.05) is 37.7 Å². The first-order valence-corrected chi connectivity index (χ1v) is 10.1. The van der Waals surface area contributed by atoms with E-state index >= 15 is 0 Å². The molecule has 0 amide bonds. The van der Waals surface area contributed by atoms with Gasteiger partial charge in [-0.25, -0.2) is 18.0 Å². The molecule has 1 fully saturated rings. The molecule has 1 aliphatic rings. The summed E-state index contributed by atoms with van der Waals surface area (Å²) in [5.74, 6) is -3.40. The van der Waals surface area contributed by atoms with Gasteiger partial charge in [-0.05, 0) is 18.1 Å². The highest BCUT2D eigenvalue weighted by Crippen LogP contribution is 2.18. The highest BCUT2D eigenvalue weighted by Gasteiger charge is 2.26. The van der Waals surface area contributed by atoms with Gasteiger partial charge in [-0.15, -0.1) is 0 Å². The van der Waals surface area contributed by atoms with Gasteiger partial charge in [0.2, 0.25) is 10.0 Å². The molecule has 0 saturated carbocycles. The number of benzene rings is 1. The van der Waals surface area contributed by atoms with Crippen molar-refractivity contribution < 1.29 is 28.2 Å². The first-order chi connectivity index (χ1) is 12.2. The number of hydrogen-bond acceptors (Lipinski definition) is 5. The van der Waals surface area contributed by atoms with Crippen LogP contribution in [0, 0.1) is 0 Å². The van der Waals surface area contributed by atoms with Gasteiger partial charge < -0.3 is 10.2 Å². The van der Waals surface area contributed by atoms with Gasteiger partial charge in [-0.3, -0.25) is 4.90 Å². The van der Waals surface area contributed by atoms with Gasteiger partial charge >= 0.3 is 11.9 Å². The van der Waals surface area contributed by atoms with E-state index in [1.165, 1.54) is 0 Å². The zero-order chi connectivity index (χ0) is 19.7. The summed E-state index contributed by atoms with van der Waals surface area (Å²) in [6.07, 6.45) is 0.669. The number of hydrogen-bond donors (Lipinski definition) is 2. The monoisotopic (exact) mass is 406 g/mol. The SMILES string of the molecule is CCCS(=O)(=O)N1CCN(Cc2ccccc2Cl)CC1.O=C(O)C(=O)O. The van der Waals surface area contributed by atoms with Gasteiger partial charge in [-0.2, -0.15) is 4.31 Å². The number of rotatable bonds is 5. The number of piperazine rings is 1. The third-order valence-electron chi connectivity index (χ3n) is 3.72. The fraction of sp³-hybridized carbons (Fsp3) is 0.500. The van der Waals surface area contributed by atoms with Crippen LogP contribution < -0.4 is 0 Å². The lowest BCUT2D eigenvalue weighted by Crippen LogP contribution is -2.48. The molecule has 0 atom stereocenters. The van der Waals surface area contributed by atoms with Crippen molar-refractivity contribution in [3.63, 3.8) is 0 Å². The molecule has 2 N–H and O–H groups in total. The zero-order valence-electron chi connectivity index (χ0n) is 14.5. The Morgan fingerprint density at radius 1 is 1.08 bits per heavy atom. The molecule has 10 heteroatoms. The third kappa shape index (κ3) is 7.28. The van der Waals surface area contributed by atoms with Crippen molar-refractivity contribution >= 4 is 33.6 Å². The van der Waals surface area contributed by atoms with E-state index in [9.17, 15) is 8.42 Å². The number of carbonyl (C=O) groups is 2. The van der Waals surface area contributed by atoms with Crippen molar-refractivity contribution in [2.75, 3.05) is 31.9 Å². The normalized spacial score (nSPS) is 15.8. The third-order valence-corrected chi connectivity index (χ3v) is 6.17. The van der Waals surface area contributed by atoms with Crippen LogP contribution in [0.5, 0.6) is 0 Å². The number of halogens is 1. The molecule has 0 aromatic heterocycles. The molecule has 8 nitrogen and oxygen atoms in total. The van der Waals surface area contributed by atoms with E-state index in [-0.39, 0.29) is 5.75 Å². The summed E-state index contributed by atoms with van der Waals surface area (Å²) < 4.78 is 25.6. The molecular formula is C16H23ClN2O6S. The van der Waals surface area contributed by atoms with Gasteiger partial charge in [0.05, 0.1) is 5.75 Å². The Morgan fingerprint density at radius 3 is 2.08 bits per heavy atom. The fourth-order valence-corrected chi connectivity index (χ4v) is 4.11. The molecule has 0 spiro atoms. The number of carboxylic acid groups (broad SMARTS) is 2. The second-order valence-electron chi connectivity index (χ2n) is 5.69. The molecule has 146 valence electrons. The first-order valence-electron chi connectivity index (χ1n) is 8.07. The topological polar surface area (TPSA) is 115 Å². The molecule has 1 aromatic rings. The van der Waals surface area contributed by atoms with E-state index in [2.05, 4.69) is 4.90 Å². The summed E-state index contributed by atoms with van der Waals surface area (Å²) in [7, 11) is -3.06. The average Bonchev–Trinajstić information content (AvgIpc) is 2.58. The van der Waals surface area contributed by atoms with Crippen LogP contribution in [-0.2, 0) is 26.2 Å². The lowest BCUT2D eigenvalue weighted by molar-refractivity contribution is -0.159. The van der Waals surface area contributed by atoms with Crippen molar-refractivity contribution in [1.82, 2.24) is 9.21 Å². The van der Waals surface area contributed by atoms with E-state index in [4.69, 9.17) is 31.4 Å². The predicted octanol–water partition coefficient (Wildman–Crippen LogP) is 1.35. The Kier molecular flexibility index (Phi) is 9.00. The summed E-state index contributed by atoms with van der Waals surface area (Å²) in [6, 6.07) is 7.80. The number of aliphatic carboxylic acids is 2. The van der Waals surface area contributed by atoms with Gasteiger partial charge in [0.1, 0.15) is 0 Å². The summed E-state index contributed by atoms with van der Waals surface area (Å²) in [4.78, 5) is 20.4. The molecule has 1 heterocycles. The molecule has 1 aliphatic heterocycles. The molecule has 26 heavy (non-hydrogen) atoms. The van der Waals surface area contributed by atoms with Crippen LogP contribution in [0.3, 0.4) is 0 Å². The standard InChI is InChI=1S/C14H21ClN2O2S.C2H2O4/c1-2-11-20(18,19)17-9-7-16(8-10-17)12-13-5-3-4-6-14(13)15;3-1(4)2(5)6/h3-6H,2,7-12H2,1H3;(H,3,4)(H,5,6). The summed E-state index contributed by atoms with van der Waals surface area (Å²) >= 11 is 6.15. The summed E-state index contributed by atoms with van der Waals surface area (Å²) in [5.41, 5.74) is 1.10. The molecule has 0 radical (unpaired) electrons. The van der Waals surface area contributed by atoms with Crippen molar-refractivity contribution in [3.05, 3.63) is 34.9 Å². The van der Waals surface area contributed by atoms with Crippen LogP contribution in [0.25, 0.3) is 0 Å². The Balaban J connectivity index is 0.000000487. The Hall–Kier alpha value is -1.68. The van der Waals surface area contributed by atoms with Crippen molar-refractivity contribution in [1.29, 1.82) is 0 Å². The molecule has 0 bridgehead atoms. The van der Waals surface area contributed by atoms with Crippen LogP contribution in [0.4, 0.5) is 0 Å².